The molecular formula is C18H24N4O3S. The van der Waals surface area contributed by atoms with E-state index in [2.05, 4.69) is 29.5 Å². The lowest BCUT2D eigenvalue weighted by Crippen LogP contribution is -2.26. The zero-order valence-electron chi connectivity index (χ0n) is 14.9. The predicted octanol–water partition coefficient (Wildman–Crippen LogP) is 1.77. The third-order valence-electron chi connectivity index (χ3n) is 3.67. The summed E-state index contributed by atoms with van der Waals surface area (Å²) in [5.74, 6) is 0.292. The van der Waals surface area contributed by atoms with Crippen molar-refractivity contribution < 1.29 is 13.2 Å². The molecule has 1 aromatic heterocycles. The lowest BCUT2D eigenvalue weighted by Gasteiger charge is -2.10. The molecule has 4 N–H and O–H groups in total. The van der Waals surface area contributed by atoms with Gasteiger partial charge in [0.2, 0.25) is 10.0 Å². The predicted molar refractivity (Wildman–Crippen MR) is 101 cm³/mol. The van der Waals surface area contributed by atoms with Crippen LogP contribution >= 0.6 is 0 Å². The van der Waals surface area contributed by atoms with E-state index >= 15 is 0 Å². The van der Waals surface area contributed by atoms with Gasteiger partial charge >= 0.3 is 0 Å². The summed E-state index contributed by atoms with van der Waals surface area (Å²) in [6.45, 7) is 5.44. The fraction of sp³-hybridized carbons (Fsp3) is 0.333. The highest BCUT2D eigenvalue weighted by atomic mass is 32.2. The molecule has 2 rings (SSSR count). The number of amides is 1. The molecule has 1 amide bonds. The van der Waals surface area contributed by atoms with E-state index in [1.165, 1.54) is 18.3 Å². The smallest absolute Gasteiger partial charge is 0.252 e. The summed E-state index contributed by atoms with van der Waals surface area (Å²) in [5, 5.41) is 11.1. The van der Waals surface area contributed by atoms with Gasteiger partial charge in [-0.25, -0.2) is 13.6 Å². The molecular weight excluding hydrogens is 352 g/mol. The first-order valence-electron chi connectivity index (χ1n) is 8.34. The first-order chi connectivity index (χ1) is 12.3. The van der Waals surface area contributed by atoms with E-state index in [0.29, 0.717) is 24.4 Å². The summed E-state index contributed by atoms with van der Waals surface area (Å²) in [6, 6.07) is 8.06. The van der Waals surface area contributed by atoms with Crippen molar-refractivity contribution in [2.75, 3.05) is 18.4 Å². The number of nitrogens with zero attached hydrogens (tertiary/aromatic N) is 1. The molecule has 8 heteroatoms. The summed E-state index contributed by atoms with van der Waals surface area (Å²) in [4.78, 5) is 16.4. The van der Waals surface area contributed by atoms with Crippen LogP contribution in [0.2, 0.25) is 0 Å². The van der Waals surface area contributed by atoms with E-state index in [1.807, 2.05) is 0 Å². The third-order valence-corrected chi connectivity index (χ3v) is 4.60. The topological polar surface area (TPSA) is 114 Å². The number of sulfonamides is 1. The maximum atomic E-state index is 12.2. The Labute approximate surface area is 154 Å². The van der Waals surface area contributed by atoms with Crippen molar-refractivity contribution >= 4 is 21.6 Å². The van der Waals surface area contributed by atoms with E-state index in [-0.39, 0.29) is 10.8 Å². The molecule has 0 aliphatic rings. The van der Waals surface area contributed by atoms with Gasteiger partial charge in [0.25, 0.3) is 5.91 Å². The van der Waals surface area contributed by atoms with Crippen molar-refractivity contribution in [2.24, 2.45) is 11.1 Å². The molecule has 0 aliphatic heterocycles. The molecule has 0 bridgehead atoms. The standard InChI is InChI=1S/C18H24N4O3S/c1-13(2)10-22-16-9-15(11-20-12-16)18(23)21-8-7-14-3-5-17(6-4-14)26(19,24)25/h3-6,9,11-13,22H,7-8,10H2,1-2H3,(H,21,23)(H2,19,24,25). The van der Waals surface area contributed by atoms with Crippen molar-refractivity contribution in [3.05, 3.63) is 53.9 Å². The Morgan fingerprint density at radius 3 is 2.50 bits per heavy atom. The minimum absolute atomic E-state index is 0.0714. The number of nitrogens with two attached hydrogens (primary N) is 1. The monoisotopic (exact) mass is 376 g/mol. The number of pyridine rings is 1. The lowest BCUT2D eigenvalue weighted by atomic mass is 10.1. The van der Waals surface area contributed by atoms with Crippen LogP contribution in [0.3, 0.4) is 0 Å². The molecule has 1 aromatic carbocycles. The van der Waals surface area contributed by atoms with Gasteiger partial charge in [-0.1, -0.05) is 26.0 Å². The molecule has 26 heavy (non-hydrogen) atoms. The molecule has 2 aromatic rings. The lowest BCUT2D eigenvalue weighted by molar-refractivity contribution is 0.0954. The van der Waals surface area contributed by atoms with E-state index in [1.54, 1.807) is 24.4 Å². The Morgan fingerprint density at radius 1 is 1.19 bits per heavy atom. The Balaban J connectivity index is 1.88. The second-order valence-corrected chi connectivity index (χ2v) is 7.99. The Hall–Kier alpha value is -2.45. The zero-order chi connectivity index (χ0) is 19.2. The molecule has 0 atom stereocenters. The van der Waals surface area contributed by atoms with Crippen LogP contribution in [0.4, 0.5) is 5.69 Å². The van der Waals surface area contributed by atoms with Crippen molar-refractivity contribution in [1.82, 2.24) is 10.3 Å². The molecule has 1 heterocycles. The van der Waals surface area contributed by atoms with Crippen molar-refractivity contribution in [3.63, 3.8) is 0 Å². The Kier molecular flexibility index (Phi) is 6.70. The average Bonchev–Trinajstić information content (AvgIpc) is 2.60. The van der Waals surface area contributed by atoms with Crippen LogP contribution in [-0.2, 0) is 16.4 Å². The summed E-state index contributed by atoms with van der Waals surface area (Å²) >= 11 is 0. The number of benzene rings is 1. The number of rotatable bonds is 8. The van der Waals surface area contributed by atoms with E-state index in [9.17, 15) is 13.2 Å². The van der Waals surface area contributed by atoms with E-state index < -0.39 is 10.0 Å². The minimum Gasteiger partial charge on any atom is -0.384 e. The summed E-state index contributed by atoms with van der Waals surface area (Å²) in [6.07, 6.45) is 3.79. The molecule has 0 radical (unpaired) electrons. The molecule has 0 saturated heterocycles. The first-order valence-corrected chi connectivity index (χ1v) is 9.89. The number of carbonyl (C=O) groups excluding carboxylic acids is 1. The van der Waals surface area contributed by atoms with Crippen LogP contribution in [0.1, 0.15) is 29.8 Å². The van der Waals surface area contributed by atoms with Gasteiger partial charge in [0.1, 0.15) is 0 Å². The number of hydrogen-bond donors (Lipinski definition) is 3. The maximum Gasteiger partial charge on any atom is 0.252 e. The van der Waals surface area contributed by atoms with Crippen molar-refractivity contribution in [1.29, 1.82) is 0 Å². The van der Waals surface area contributed by atoms with Gasteiger partial charge in [0.05, 0.1) is 16.1 Å². The van der Waals surface area contributed by atoms with Gasteiger partial charge in [-0.3, -0.25) is 9.78 Å². The average molecular weight is 376 g/mol. The molecule has 0 fully saturated rings. The van der Waals surface area contributed by atoms with Gasteiger partial charge in [0.15, 0.2) is 0 Å². The van der Waals surface area contributed by atoms with Crippen molar-refractivity contribution in [2.45, 2.75) is 25.2 Å². The highest BCUT2D eigenvalue weighted by Crippen LogP contribution is 2.10. The molecule has 0 saturated carbocycles. The van der Waals surface area contributed by atoms with Crippen LogP contribution in [0, 0.1) is 5.92 Å². The highest BCUT2D eigenvalue weighted by Gasteiger charge is 2.08. The number of nitrogens with one attached hydrogen (secondary N) is 2. The zero-order valence-corrected chi connectivity index (χ0v) is 15.7. The normalized spacial score (nSPS) is 11.4. The number of carbonyl (C=O) groups is 1. The molecule has 7 nitrogen and oxygen atoms in total. The first kappa shape index (κ1) is 19.9. The largest absolute Gasteiger partial charge is 0.384 e. The molecule has 0 spiro atoms. The van der Waals surface area contributed by atoms with E-state index in [4.69, 9.17) is 5.14 Å². The fourth-order valence-electron chi connectivity index (χ4n) is 2.25. The second-order valence-electron chi connectivity index (χ2n) is 6.43. The number of aromatic nitrogens is 1. The van der Waals surface area contributed by atoms with Crippen LogP contribution < -0.4 is 15.8 Å². The SMILES string of the molecule is CC(C)CNc1cncc(C(=O)NCCc2ccc(S(N)(=O)=O)cc2)c1. The maximum absolute atomic E-state index is 12.2. The molecule has 0 aliphatic carbocycles. The number of hydrogen-bond acceptors (Lipinski definition) is 5. The number of primary sulfonamides is 1. The quantitative estimate of drug-likeness (QED) is 0.650. The summed E-state index contributed by atoms with van der Waals surface area (Å²) < 4.78 is 22.5. The number of anilines is 1. The van der Waals surface area contributed by atoms with Crippen LogP contribution in [-0.4, -0.2) is 32.4 Å². The van der Waals surface area contributed by atoms with Crippen LogP contribution in [0.25, 0.3) is 0 Å². The van der Waals surface area contributed by atoms with Gasteiger partial charge < -0.3 is 10.6 Å². The van der Waals surface area contributed by atoms with Crippen molar-refractivity contribution in [3.8, 4) is 0 Å². The highest BCUT2D eigenvalue weighted by molar-refractivity contribution is 7.89. The van der Waals surface area contributed by atoms with Gasteiger partial charge in [-0.2, -0.15) is 0 Å². The summed E-state index contributed by atoms with van der Waals surface area (Å²) in [7, 11) is -3.69. The van der Waals surface area contributed by atoms with Gasteiger partial charge in [-0.05, 0) is 36.1 Å². The molecule has 0 unspecified atom stereocenters. The minimum atomic E-state index is -3.69. The summed E-state index contributed by atoms with van der Waals surface area (Å²) in [5.41, 5.74) is 2.21. The van der Waals surface area contributed by atoms with Crippen LogP contribution in [0.5, 0.6) is 0 Å². The van der Waals surface area contributed by atoms with Gasteiger partial charge in [-0.15, -0.1) is 0 Å². The Bertz CT molecular complexity index is 849. The van der Waals surface area contributed by atoms with Crippen LogP contribution in [0.15, 0.2) is 47.6 Å². The third kappa shape index (κ3) is 6.12. The van der Waals surface area contributed by atoms with E-state index in [0.717, 1.165) is 17.8 Å². The molecule has 140 valence electrons. The fourth-order valence-corrected chi connectivity index (χ4v) is 2.77. The Morgan fingerprint density at radius 2 is 1.88 bits per heavy atom. The second kappa shape index (κ2) is 8.77. The van der Waals surface area contributed by atoms with Gasteiger partial charge in [0, 0.05) is 25.5 Å².